The molecule has 4 heteroatoms. The summed E-state index contributed by atoms with van der Waals surface area (Å²) in [6.07, 6.45) is 3.17. The number of hydrogen-bond acceptors (Lipinski definition) is 3. The molecular formula is C17H25N3O. The maximum Gasteiger partial charge on any atom is 0.118 e. The lowest BCUT2D eigenvalue weighted by Gasteiger charge is -2.16. The number of hydrogen-bond donors (Lipinski definition) is 1. The minimum Gasteiger partial charge on any atom is -0.497 e. The van der Waals surface area contributed by atoms with Crippen LogP contribution in [0, 0.1) is 6.92 Å². The summed E-state index contributed by atoms with van der Waals surface area (Å²) in [4.78, 5) is 0. The fraction of sp³-hybridized carbons (Fsp3) is 0.471. The Labute approximate surface area is 127 Å². The highest BCUT2D eigenvalue weighted by Gasteiger charge is 2.11. The number of ether oxygens (including phenoxy) is 1. The smallest absolute Gasteiger partial charge is 0.118 e. The van der Waals surface area contributed by atoms with Crippen LogP contribution in [0.3, 0.4) is 0 Å². The van der Waals surface area contributed by atoms with Crippen LogP contribution in [0.1, 0.15) is 23.4 Å². The first kappa shape index (κ1) is 15.6. The maximum atomic E-state index is 5.19. The van der Waals surface area contributed by atoms with Gasteiger partial charge in [-0.15, -0.1) is 0 Å². The topological polar surface area (TPSA) is 39.1 Å². The van der Waals surface area contributed by atoms with Gasteiger partial charge in [0, 0.05) is 25.2 Å². The van der Waals surface area contributed by atoms with Gasteiger partial charge in [0.15, 0.2) is 0 Å². The van der Waals surface area contributed by atoms with Gasteiger partial charge in [-0.05, 0) is 50.6 Å². The van der Waals surface area contributed by atoms with Gasteiger partial charge in [0.1, 0.15) is 5.75 Å². The molecule has 0 amide bonds. The van der Waals surface area contributed by atoms with Crippen molar-refractivity contribution in [2.24, 2.45) is 7.05 Å². The largest absolute Gasteiger partial charge is 0.497 e. The molecule has 0 saturated heterocycles. The van der Waals surface area contributed by atoms with Crippen molar-refractivity contribution in [2.75, 3.05) is 14.2 Å². The van der Waals surface area contributed by atoms with E-state index in [1.807, 2.05) is 37.8 Å². The number of nitrogens with one attached hydrogen (secondary N) is 1. The summed E-state index contributed by atoms with van der Waals surface area (Å²) in [5.74, 6) is 0.911. The minimum atomic E-state index is 0.460. The van der Waals surface area contributed by atoms with Crippen LogP contribution in [0.25, 0.3) is 0 Å². The summed E-state index contributed by atoms with van der Waals surface area (Å²) < 4.78 is 7.17. The van der Waals surface area contributed by atoms with Gasteiger partial charge in [0.2, 0.25) is 0 Å². The number of likely N-dealkylation sites (N-methyl/N-ethyl adjacent to an activating group) is 1. The van der Waals surface area contributed by atoms with Crippen molar-refractivity contribution in [3.63, 3.8) is 0 Å². The average Bonchev–Trinajstić information content (AvgIpc) is 2.81. The Morgan fingerprint density at radius 1 is 1.29 bits per heavy atom. The molecule has 1 atom stereocenters. The Morgan fingerprint density at radius 3 is 2.52 bits per heavy atom. The minimum absolute atomic E-state index is 0.460. The molecule has 0 saturated carbocycles. The van der Waals surface area contributed by atoms with Gasteiger partial charge in [-0.25, -0.2) is 0 Å². The van der Waals surface area contributed by atoms with Crippen molar-refractivity contribution >= 4 is 0 Å². The zero-order valence-electron chi connectivity index (χ0n) is 13.4. The van der Waals surface area contributed by atoms with Gasteiger partial charge in [-0.2, -0.15) is 5.10 Å². The second kappa shape index (κ2) is 7.27. The molecule has 2 rings (SSSR count). The molecule has 0 fully saturated rings. The predicted molar refractivity (Wildman–Crippen MR) is 85.8 cm³/mol. The zero-order valence-corrected chi connectivity index (χ0v) is 13.4. The molecule has 1 N–H and O–H groups in total. The molecule has 0 radical (unpaired) electrons. The van der Waals surface area contributed by atoms with Gasteiger partial charge < -0.3 is 10.1 Å². The van der Waals surface area contributed by atoms with Gasteiger partial charge in [0.25, 0.3) is 0 Å². The van der Waals surface area contributed by atoms with Crippen LogP contribution in [0.15, 0.2) is 30.3 Å². The molecule has 0 spiro atoms. The Hall–Kier alpha value is -1.81. The van der Waals surface area contributed by atoms with Gasteiger partial charge in [-0.3, -0.25) is 4.68 Å². The molecule has 0 aliphatic rings. The fourth-order valence-corrected chi connectivity index (χ4v) is 2.59. The second-order valence-corrected chi connectivity index (χ2v) is 5.48. The van der Waals surface area contributed by atoms with Crippen molar-refractivity contribution in [1.82, 2.24) is 15.1 Å². The standard InChI is InChI=1S/C17H25N3O/c1-13-11-16(20(3)19-13)12-15(18-2)8-5-14-6-9-17(21-4)10-7-14/h6-7,9-11,15,18H,5,8,12H2,1-4H3. The van der Waals surface area contributed by atoms with Crippen LogP contribution < -0.4 is 10.1 Å². The van der Waals surface area contributed by atoms with Gasteiger partial charge in [0.05, 0.1) is 12.8 Å². The van der Waals surface area contributed by atoms with E-state index in [9.17, 15) is 0 Å². The number of benzene rings is 1. The first-order valence-electron chi connectivity index (χ1n) is 7.42. The molecule has 0 aliphatic heterocycles. The molecule has 0 bridgehead atoms. The average molecular weight is 287 g/mol. The summed E-state index contributed by atoms with van der Waals surface area (Å²) in [5.41, 5.74) is 3.70. The van der Waals surface area contributed by atoms with E-state index in [2.05, 4.69) is 28.6 Å². The zero-order chi connectivity index (χ0) is 15.2. The van der Waals surface area contributed by atoms with E-state index in [1.54, 1.807) is 7.11 Å². The molecule has 2 aromatic rings. The lowest BCUT2D eigenvalue weighted by molar-refractivity contribution is 0.414. The second-order valence-electron chi connectivity index (χ2n) is 5.48. The van der Waals surface area contributed by atoms with E-state index < -0.39 is 0 Å². The fourth-order valence-electron chi connectivity index (χ4n) is 2.59. The van der Waals surface area contributed by atoms with Crippen molar-refractivity contribution in [3.8, 4) is 5.75 Å². The summed E-state index contributed by atoms with van der Waals surface area (Å²) in [5, 5.41) is 7.82. The quantitative estimate of drug-likeness (QED) is 0.850. The summed E-state index contributed by atoms with van der Waals surface area (Å²) in [7, 11) is 5.74. The molecule has 1 aromatic carbocycles. The number of methoxy groups -OCH3 is 1. The van der Waals surface area contributed by atoms with Crippen LogP contribution >= 0.6 is 0 Å². The highest BCUT2D eigenvalue weighted by Crippen LogP contribution is 2.14. The monoisotopic (exact) mass is 287 g/mol. The molecule has 4 nitrogen and oxygen atoms in total. The third-order valence-corrected chi connectivity index (χ3v) is 3.90. The van der Waals surface area contributed by atoms with Crippen LogP contribution in [0.4, 0.5) is 0 Å². The molecule has 0 aliphatic carbocycles. The highest BCUT2D eigenvalue weighted by molar-refractivity contribution is 5.27. The van der Waals surface area contributed by atoms with Gasteiger partial charge >= 0.3 is 0 Å². The molecule has 1 aromatic heterocycles. The van der Waals surface area contributed by atoms with Crippen molar-refractivity contribution in [3.05, 3.63) is 47.3 Å². The first-order valence-corrected chi connectivity index (χ1v) is 7.42. The SMILES string of the molecule is CNC(CCc1ccc(OC)cc1)Cc1cc(C)nn1C. The summed E-state index contributed by atoms with van der Waals surface area (Å²) in [6, 6.07) is 10.9. The normalized spacial score (nSPS) is 12.4. The molecular weight excluding hydrogens is 262 g/mol. The number of nitrogens with zero attached hydrogens (tertiary/aromatic N) is 2. The number of rotatable bonds is 7. The first-order chi connectivity index (χ1) is 10.1. The van der Waals surface area contributed by atoms with Gasteiger partial charge in [-0.1, -0.05) is 12.1 Å². The summed E-state index contributed by atoms with van der Waals surface area (Å²) in [6.45, 7) is 2.04. The van der Waals surface area contributed by atoms with Crippen molar-refractivity contribution in [2.45, 2.75) is 32.2 Å². The number of aryl methyl sites for hydroxylation is 3. The summed E-state index contributed by atoms with van der Waals surface area (Å²) >= 11 is 0. The van der Waals surface area contributed by atoms with Crippen LogP contribution in [-0.4, -0.2) is 30.0 Å². The molecule has 1 heterocycles. The predicted octanol–water partition coefficient (Wildman–Crippen LogP) is 2.50. The third kappa shape index (κ3) is 4.33. The number of aromatic nitrogens is 2. The van der Waals surface area contributed by atoms with E-state index in [1.165, 1.54) is 11.3 Å². The molecule has 1 unspecified atom stereocenters. The maximum absolute atomic E-state index is 5.19. The Kier molecular flexibility index (Phi) is 5.39. The Balaban J connectivity index is 1.91. The highest BCUT2D eigenvalue weighted by atomic mass is 16.5. The van der Waals surface area contributed by atoms with Crippen molar-refractivity contribution in [1.29, 1.82) is 0 Å². The van der Waals surface area contributed by atoms with E-state index in [-0.39, 0.29) is 0 Å². The van der Waals surface area contributed by atoms with E-state index in [4.69, 9.17) is 4.74 Å². The van der Waals surface area contributed by atoms with Crippen molar-refractivity contribution < 1.29 is 4.74 Å². The molecule has 21 heavy (non-hydrogen) atoms. The van der Waals surface area contributed by atoms with E-state index >= 15 is 0 Å². The van der Waals surface area contributed by atoms with Crippen LogP contribution in [0.5, 0.6) is 5.75 Å². The Bertz CT molecular complexity index is 560. The van der Waals surface area contributed by atoms with Crippen LogP contribution in [0.2, 0.25) is 0 Å². The van der Waals surface area contributed by atoms with E-state index in [0.717, 1.165) is 30.7 Å². The molecule has 114 valence electrons. The third-order valence-electron chi connectivity index (χ3n) is 3.90. The van der Waals surface area contributed by atoms with Crippen LogP contribution in [-0.2, 0) is 19.9 Å². The Morgan fingerprint density at radius 2 is 2.00 bits per heavy atom. The van der Waals surface area contributed by atoms with E-state index in [0.29, 0.717) is 6.04 Å². The lowest BCUT2D eigenvalue weighted by atomic mass is 10.0. The lowest BCUT2D eigenvalue weighted by Crippen LogP contribution is -2.29.